The molecule has 0 unspecified atom stereocenters. The van der Waals surface area contributed by atoms with Crippen LogP contribution >= 0.6 is 0 Å². The van der Waals surface area contributed by atoms with E-state index < -0.39 is 11.7 Å². The Labute approximate surface area is 178 Å². The van der Waals surface area contributed by atoms with Gasteiger partial charge in [-0.25, -0.2) is 4.98 Å². The van der Waals surface area contributed by atoms with Gasteiger partial charge in [0, 0.05) is 23.6 Å². The highest BCUT2D eigenvalue weighted by Gasteiger charge is 2.34. The molecule has 0 aliphatic rings. The summed E-state index contributed by atoms with van der Waals surface area (Å²) in [4.78, 5) is 4.20. The summed E-state index contributed by atoms with van der Waals surface area (Å²) in [5, 5.41) is 0. The van der Waals surface area contributed by atoms with Crippen molar-refractivity contribution < 1.29 is 17.9 Å². The first kappa shape index (κ1) is 20.7. The van der Waals surface area contributed by atoms with Crippen LogP contribution in [0.2, 0.25) is 0 Å². The number of halogens is 3. The standard InChI is InChI=1S/C25H21F3N2O/c1-17(2)31-21-7-5-6-19(16-21)18-10-12-20(13-11-18)30-15-14-29-24(30)22-8-3-4-9-23(22)25(26,27)28/h3-17H,1-2H3. The van der Waals surface area contributed by atoms with E-state index in [2.05, 4.69) is 4.98 Å². The topological polar surface area (TPSA) is 27.1 Å². The first-order chi connectivity index (χ1) is 14.8. The summed E-state index contributed by atoms with van der Waals surface area (Å²) in [5.74, 6) is 1.03. The molecule has 0 aliphatic carbocycles. The zero-order valence-electron chi connectivity index (χ0n) is 17.1. The van der Waals surface area contributed by atoms with Crippen molar-refractivity contribution in [3.63, 3.8) is 0 Å². The monoisotopic (exact) mass is 422 g/mol. The van der Waals surface area contributed by atoms with Crippen molar-refractivity contribution in [3.05, 3.63) is 90.8 Å². The zero-order chi connectivity index (χ0) is 22.0. The van der Waals surface area contributed by atoms with E-state index in [-0.39, 0.29) is 17.5 Å². The Morgan fingerprint density at radius 1 is 0.871 bits per heavy atom. The minimum Gasteiger partial charge on any atom is -0.491 e. The maximum absolute atomic E-state index is 13.5. The first-order valence-corrected chi connectivity index (χ1v) is 9.90. The molecule has 0 radical (unpaired) electrons. The van der Waals surface area contributed by atoms with Gasteiger partial charge in [0.25, 0.3) is 0 Å². The Kier molecular flexibility index (Phi) is 5.55. The second-order valence-electron chi connectivity index (χ2n) is 7.41. The van der Waals surface area contributed by atoms with Gasteiger partial charge in [0.2, 0.25) is 0 Å². The lowest BCUT2D eigenvalue weighted by Crippen LogP contribution is -2.08. The van der Waals surface area contributed by atoms with Crippen molar-refractivity contribution in [2.24, 2.45) is 0 Å². The number of benzene rings is 3. The number of hydrogen-bond acceptors (Lipinski definition) is 2. The SMILES string of the molecule is CC(C)Oc1cccc(-c2ccc(-n3ccnc3-c3ccccc3C(F)(F)F)cc2)c1. The summed E-state index contributed by atoms with van der Waals surface area (Å²) in [6.07, 6.45) is -1.21. The summed E-state index contributed by atoms with van der Waals surface area (Å²) < 4.78 is 47.9. The highest BCUT2D eigenvalue weighted by Crippen LogP contribution is 2.37. The molecule has 0 bridgehead atoms. The van der Waals surface area contributed by atoms with Gasteiger partial charge in [0.15, 0.2) is 0 Å². The van der Waals surface area contributed by atoms with Crippen LogP contribution in [-0.2, 0) is 6.18 Å². The van der Waals surface area contributed by atoms with Gasteiger partial charge in [-0.2, -0.15) is 13.2 Å². The lowest BCUT2D eigenvalue weighted by atomic mass is 10.0. The minimum absolute atomic E-state index is 0.0441. The van der Waals surface area contributed by atoms with Crippen LogP contribution < -0.4 is 4.74 Å². The molecule has 4 rings (SSSR count). The molecule has 3 nitrogen and oxygen atoms in total. The summed E-state index contributed by atoms with van der Waals surface area (Å²) in [5.41, 5.74) is 2.04. The highest BCUT2D eigenvalue weighted by molar-refractivity contribution is 5.68. The molecule has 31 heavy (non-hydrogen) atoms. The van der Waals surface area contributed by atoms with E-state index in [4.69, 9.17) is 4.74 Å². The van der Waals surface area contributed by atoms with Gasteiger partial charge in [0.1, 0.15) is 11.6 Å². The molecular weight excluding hydrogens is 401 g/mol. The zero-order valence-corrected chi connectivity index (χ0v) is 17.1. The van der Waals surface area contributed by atoms with E-state index in [0.717, 1.165) is 28.6 Å². The van der Waals surface area contributed by atoms with Crippen molar-refractivity contribution in [1.82, 2.24) is 9.55 Å². The Morgan fingerprint density at radius 3 is 2.32 bits per heavy atom. The first-order valence-electron chi connectivity index (χ1n) is 9.90. The number of nitrogens with zero attached hydrogens (tertiary/aromatic N) is 2. The van der Waals surface area contributed by atoms with Gasteiger partial charge < -0.3 is 4.74 Å². The number of rotatable bonds is 5. The van der Waals surface area contributed by atoms with Gasteiger partial charge in [-0.3, -0.25) is 4.57 Å². The number of aromatic nitrogens is 2. The third-order valence-electron chi connectivity index (χ3n) is 4.80. The largest absolute Gasteiger partial charge is 0.491 e. The van der Waals surface area contributed by atoms with Gasteiger partial charge >= 0.3 is 6.18 Å². The summed E-state index contributed by atoms with van der Waals surface area (Å²) in [7, 11) is 0. The van der Waals surface area contributed by atoms with Crippen molar-refractivity contribution in [2.45, 2.75) is 26.1 Å². The number of ether oxygens (including phenoxy) is 1. The summed E-state index contributed by atoms with van der Waals surface area (Å²) in [6, 6.07) is 20.9. The normalized spacial score (nSPS) is 11.7. The Balaban J connectivity index is 1.68. The molecule has 4 aromatic rings. The Morgan fingerprint density at radius 2 is 1.61 bits per heavy atom. The molecule has 0 N–H and O–H groups in total. The van der Waals surface area contributed by atoms with E-state index in [1.165, 1.54) is 18.3 Å². The van der Waals surface area contributed by atoms with Gasteiger partial charge in [0.05, 0.1) is 11.7 Å². The fourth-order valence-corrected chi connectivity index (χ4v) is 3.47. The molecule has 1 aromatic heterocycles. The fraction of sp³-hybridized carbons (Fsp3) is 0.160. The van der Waals surface area contributed by atoms with Crippen molar-refractivity contribution >= 4 is 0 Å². The molecule has 0 atom stereocenters. The minimum atomic E-state index is -4.46. The van der Waals surface area contributed by atoms with Crippen LogP contribution in [0.15, 0.2) is 85.2 Å². The molecule has 0 spiro atoms. The number of hydrogen-bond donors (Lipinski definition) is 0. The van der Waals surface area contributed by atoms with Crippen molar-refractivity contribution in [3.8, 4) is 34.0 Å². The van der Waals surface area contributed by atoms with Gasteiger partial charge in [-0.15, -0.1) is 0 Å². The molecule has 0 fully saturated rings. The van der Waals surface area contributed by atoms with E-state index in [1.807, 2.05) is 62.4 Å². The van der Waals surface area contributed by atoms with Crippen molar-refractivity contribution in [1.29, 1.82) is 0 Å². The lowest BCUT2D eigenvalue weighted by molar-refractivity contribution is -0.137. The molecular formula is C25H21F3N2O. The van der Waals surface area contributed by atoms with Crippen LogP contribution in [0.1, 0.15) is 19.4 Å². The average molecular weight is 422 g/mol. The van der Waals surface area contributed by atoms with Crippen molar-refractivity contribution in [2.75, 3.05) is 0 Å². The van der Waals surface area contributed by atoms with Gasteiger partial charge in [-0.05, 0) is 55.3 Å². The van der Waals surface area contributed by atoms with Crippen LogP contribution in [0, 0.1) is 0 Å². The molecule has 0 amide bonds. The third kappa shape index (κ3) is 4.48. The van der Waals surface area contributed by atoms with Crippen LogP contribution in [0.5, 0.6) is 5.75 Å². The molecule has 0 saturated carbocycles. The predicted molar refractivity (Wildman–Crippen MR) is 115 cm³/mol. The van der Waals surface area contributed by atoms with E-state index in [0.29, 0.717) is 0 Å². The molecule has 0 aliphatic heterocycles. The molecule has 3 aromatic carbocycles. The van der Waals surface area contributed by atoms with Crippen LogP contribution in [0.3, 0.4) is 0 Å². The highest BCUT2D eigenvalue weighted by atomic mass is 19.4. The molecule has 6 heteroatoms. The summed E-state index contributed by atoms with van der Waals surface area (Å²) >= 11 is 0. The maximum atomic E-state index is 13.5. The predicted octanol–water partition coefficient (Wildman–Crippen LogP) is 7.01. The third-order valence-corrected chi connectivity index (χ3v) is 4.80. The van der Waals surface area contributed by atoms with E-state index in [9.17, 15) is 13.2 Å². The van der Waals surface area contributed by atoms with Gasteiger partial charge in [-0.1, -0.05) is 42.5 Å². The Hall–Kier alpha value is -3.54. The molecule has 0 saturated heterocycles. The number of imidazole rings is 1. The number of alkyl halides is 3. The van der Waals surface area contributed by atoms with Crippen LogP contribution in [0.4, 0.5) is 13.2 Å². The maximum Gasteiger partial charge on any atom is 0.417 e. The average Bonchev–Trinajstić information content (AvgIpc) is 3.23. The summed E-state index contributed by atoms with van der Waals surface area (Å²) in [6.45, 7) is 3.95. The molecule has 158 valence electrons. The van der Waals surface area contributed by atoms with Crippen LogP contribution in [0.25, 0.3) is 28.2 Å². The smallest absolute Gasteiger partial charge is 0.417 e. The quantitative estimate of drug-likeness (QED) is 0.346. The Bertz CT molecular complexity index is 1180. The lowest BCUT2D eigenvalue weighted by Gasteiger charge is -2.14. The van der Waals surface area contributed by atoms with E-state index >= 15 is 0 Å². The van der Waals surface area contributed by atoms with Crippen LogP contribution in [-0.4, -0.2) is 15.7 Å². The second-order valence-corrected chi connectivity index (χ2v) is 7.41. The fourth-order valence-electron chi connectivity index (χ4n) is 3.47. The molecule has 1 heterocycles. The second kappa shape index (κ2) is 8.30. The van der Waals surface area contributed by atoms with E-state index in [1.54, 1.807) is 16.8 Å².